The van der Waals surface area contributed by atoms with Crippen molar-refractivity contribution < 1.29 is 22.0 Å². The Kier molecular flexibility index (Phi) is 2.78. The molecule has 0 heterocycles. The predicted octanol–water partition coefficient (Wildman–Crippen LogP) is 3.55. The van der Waals surface area contributed by atoms with Crippen LogP contribution in [0.15, 0.2) is 12.1 Å². The van der Waals surface area contributed by atoms with Crippen LogP contribution >= 0.6 is 0 Å². The molecule has 0 spiro atoms. The molecule has 0 bridgehead atoms. The molecule has 1 aromatic rings. The smallest absolute Gasteiger partial charge is 0.207 e. The zero-order chi connectivity index (χ0) is 10.9. The zero-order valence-corrected chi connectivity index (χ0v) is 7.25. The second kappa shape index (κ2) is 3.55. The molecule has 0 atom stereocenters. The van der Waals surface area contributed by atoms with E-state index in [2.05, 4.69) is 0 Å². The monoisotopic (exact) mass is 210 g/mol. The fourth-order valence-corrected chi connectivity index (χ4v) is 1.10. The Bertz CT molecular complexity index is 317. The van der Waals surface area contributed by atoms with Gasteiger partial charge < -0.3 is 0 Å². The first-order valence-corrected chi connectivity index (χ1v) is 3.91. The minimum absolute atomic E-state index is 0.0236. The van der Waals surface area contributed by atoms with Gasteiger partial charge >= 0.3 is 6.18 Å². The van der Waals surface area contributed by atoms with Crippen LogP contribution in [-0.4, -0.2) is 0 Å². The molecular weight excluding hydrogens is 203 g/mol. The molecule has 78 valence electrons. The van der Waals surface area contributed by atoms with E-state index in [1.54, 1.807) is 0 Å². The van der Waals surface area contributed by atoms with E-state index in [0.717, 1.165) is 0 Å². The van der Waals surface area contributed by atoms with E-state index >= 15 is 0 Å². The van der Waals surface area contributed by atoms with Crippen molar-refractivity contribution in [3.05, 3.63) is 34.9 Å². The van der Waals surface area contributed by atoms with E-state index in [-0.39, 0.29) is 12.0 Å². The summed E-state index contributed by atoms with van der Waals surface area (Å²) >= 11 is 0. The largest absolute Gasteiger partial charge is 0.416 e. The first-order chi connectivity index (χ1) is 6.36. The average Bonchev–Trinajstić information content (AvgIpc) is 2.01. The summed E-state index contributed by atoms with van der Waals surface area (Å²) in [5.41, 5.74) is -1.62. The van der Waals surface area contributed by atoms with E-state index in [0.29, 0.717) is 12.1 Å². The molecule has 0 aliphatic carbocycles. The highest BCUT2D eigenvalue weighted by Gasteiger charge is 2.32. The van der Waals surface area contributed by atoms with E-state index in [4.69, 9.17) is 0 Å². The fourth-order valence-electron chi connectivity index (χ4n) is 1.10. The van der Waals surface area contributed by atoms with Gasteiger partial charge in [0.1, 0.15) is 11.6 Å². The molecule has 0 amide bonds. The molecule has 0 N–H and O–H groups in total. The van der Waals surface area contributed by atoms with E-state index in [1.165, 1.54) is 6.92 Å². The summed E-state index contributed by atoms with van der Waals surface area (Å²) in [5.74, 6) is -2.31. The highest BCUT2D eigenvalue weighted by molar-refractivity contribution is 5.27. The summed E-state index contributed by atoms with van der Waals surface area (Å²) in [5, 5.41) is 0. The Morgan fingerprint density at radius 2 is 1.50 bits per heavy atom. The van der Waals surface area contributed by atoms with Gasteiger partial charge in [-0.3, -0.25) is 0 Å². The third-order valence-corrected chi connectivity index (χ3v) is 1.82. The van der Waals surface area contributed by atoms with Gasteiger partial charge in [-0.15, -0.1) is 0 Å². The third-order valence-electron chi connectivity index (χ3n) is 1.82. The molecule has 0 unspecified atom stereocenters. The topological polar surface area (TPSA) is 0 Å². The summed E-state index contributed by atoms with van der Waals surface area (Å²) in [4.78, 5) is 0. The fraction of sp³-hybridized carbons (Fsp3) is 0.333. The van der Waals surface area contributed by atoms with Crippen molar-refractivity contribution in [2.75, 3.05) is 0 Å². The molecule has 14 heavy (non-hydrogen) atoms. The number of halogens is 5. The molecule has 1 rings (SSSR count). The molecule has 0 radical (unpaired) electrons. The van der Waals surface area contributed by atoms with Crippen molar-refractivity contribution in [2.45, 2.75) is 19.5 Å². The van der Waals surface area contributed by atoms with E-state index < -0.39 is 23.4 Å². The lowest BCUT2D eigenvalue weighted by Gasteiger charge is -2.09. The first kappa shape index (κ1) is 10.9. The van der Waals surface area contributed by atoms with Gasteiger partial charge in [0.05, 0.1) is 5.56 Å². The number of alkyl halides is 3. The number of hydrogen-bond donors (Lipinski definition) is 0. The number of rotatable bonds is 1. The molecule has 1 aromatic carbocycles. The minimum atomic E-state index is -4.71. The first-order valence-electron chi connectivity index (χ1n) is 3.91. The third kappa shape index (κ3) is 2.02. The second-order valence-corrected chi connectivity index (χ2v) is 2.77. The Hall–Kier alpha value is -1.13. The summed E-state index contributed by atoms with van der Waals surface area (Å²) < 4.78 is 62.0. The summed E-state index contributed by atoms with van der Waals surface area (Å²) in [6.07, 6.45) is -4.69. The van der Waals surface area contributed by atoms with Crippen LogP contribution in [-0.2, 0) is 12.6 Å². The van der Waals surface area contributed by atoms with Gasteiger partial charge in [0, 0.05) is 5.56 Å². The second-order valence-electron chi connectivity index (χ2n) is 2.77. The van der Waals surface area contributed by atoms with Crippen molar-refractivity contribution in [1.29, 1.82) is 0 Å². The van der Waals surface area contributed by atoms with Crippen LogP contribution < -0.4 is 0 Å². The lowest BCUT2D eigenvalue weighted by molar-refractivity contribution is -0.138. The van der Waals surface area contributed by atoms with Crippen LogP contribution in [0.3, 0.4) is 0 Å². The Labute approximate surface area is 77.4 Å². The Balaban J connectivity index is 3.28. The van der Waals surface area contributed by atoms with Crippen LogP contribution in [0.5, 0.6) is 0 Å². The Morgan fingerprint density at radius 3 is 1.79 bits per heavy atom. The zero-order valence-electron chi connectivity index (χ0n) is 7.25. The van der Waals surface area contributed by atoms with Crippen LogP contribution in [0.4, 0.5) is 22.0 Å². The number of hydrogen-bond acceptors (Lipinski definition) is 0. The van der Waals surface area contributed by atoms with Gasteiger partial charge in [-0.05, 0) is 18.6 Å². The van der Waals surface area contributed by atoms with Crippen LogP contribution in [0.25, 0.3) is 0 Å². The van der Waals surface area contributed by atoms with Crippen molar-refractivity contribution in [2.24, 2.45) is 0 Å². The van der Waals surface area contributed by atoms with Crippen molar-refractivity contribution in [1.82, 2.24) is 0 Å². The SMILES string of the molecule is CCc1c(F)cc(C(F)(F)F)cc1F. The van der Waals surface area contributed by atoms with Gasteiger partial charge in [0.15, 0.2) is 0 Å². The molecule has 0 aliphatic heterocycles. The normalized spacial score (nSPS) is 11.9. The molecular formula is C9H7F5. The van der Waals surface area contributed by atoms with Gasteiger partial charge in [0.2, 0.25) is 0 Å². The van der Waals surface area contributed by atoms with Gasteiger partial charge in [-0.2, -0.15) is 13.2 Å². The summed E-state index contributed by atoms with van der Waals surface area (Å²) in [6.45, 7) is 1.47. The van der Waals surface area contributed by atoms with Gasteiger partial charge in [0.25, 0.3) is 0 Å². The van der Waals surface area contributed by atoms with Crippen LogP contribution in [0, 0.1) is 11.6 Å². The molecule has 0 aliphatic rings. The minimum Gasteiger partial charge on any atom is -0.207 e. The quantitative estimate of drug-likeness (QED) is 0.622. The summed E-state index contributed by atoms with van der Waals surface area (Å²) in [7, 11) is 0. The molecule has 0 aromatic heterocycles. The van der Waals surface area contributed by atoms with Crippen molar-refractivity contribution in [3.8, 4) is 0 Å². The highest BCUT2D eigenvalue weighted by Crippen LogP contribution is 2.31. The lowest BCUT2D eigenvalue weighted by atomic mass is 10.1. The molecule has 0 fully saturated rings. The van der Waals surface area contributed by atoms with Crippen LogP contribution in [0.1, 0.15) is 18.1 Å². The number of benzene rings is 1. The van der Waals surface area contributed by atoms with E-state index in [9.17, 15) is 22.0 Å². The van der Waals surface area contributed by atoms with Gasteiger partial charge in [-0.1, -0.05) is 6.92 Å². The summed E-state index contributed by atoms with van der Waals surface area (Å²) in [6, 6.07) is 0.615. The molecule has 0 saturated heterocycles. The average molecular weight is 210 g/mol. The van der Waals surface area contributed by atoms with Crippen molar-refractivity contribution in [3.63, 3.8) is 0 Å². The highest BCUT2D eigenvalue weighted by atomic mass is 19.4. The molecule has 0 saturated carbocycles. The maximum atomic E-state index is 12.9. The molecule has 5 heteroatoms. The van der Waals surface area contributed by atoms with Gasteiger partial charge in [-0.25, -0.2) is 8.78 Å². The maximum absolute atomic E-state index is 12.9. The molecule has 0 nitrogen and oxygen atoms in total. The van der Waals surface area contributed by atoms with E-state index in [1.807, 2.05) is 0 Å². The standard InChI is InChI=1S/C9H7F5/c1-2-6-7(10)3-5(4-8(6)11)9(12,13)14/h3-4H,2H2,1H3. The van der Waals surface area contributed by atoms with Crippen LogP contribution in [0.2, 0.25) is 0 Å². The Morgan fingerprint density at radius 1 is 1.07 bits per heavy atom. The van der Waals surface area contributed by atoms with Crippen molar-refractivity contribution >= 4 is 0 Å². The lowest BCUT2D eigenvalue weighted by Crippen LogP contribution is -2.08. The predicted molar refractivity (Wildman–Crippen MR) is 40.7 cm³/mol. The maximum Gasteiger partial charge on any atom is 0.416 e.